The summed E-state index contributed by atoms with van der Waals surface area (Å²) < 4.78 is 38.0. The van der Waals surface area contributed by atoms with Gasteiger partial charge in [0.15, 0.2) is 0 Å². The minimum Gasteiger partial charge on any atom is -0.393 e. The molecule has 2 N–H and O–H groups in total. The second-order valence-corrected chi connectivity index (χ2v) is 8.33. The summed E-state index contributed by atoms with van der Waals surface area (Å²) >= 11 is 0. The summed E-state index contributed by atoms with van der Waals surface area (Å²) in [5.41, 5.74) is 2.21. The first-order chi connectivity index (χ1) is 14.7. The Hall–Kier alpha value is -2.38. The van der Waals surface area contributed by atoms with E-state index in [4.69, 9.17) is 0 Å². The Balaban J connectivity index is 1.43. The monoisotopic (exact) mass is 434 g/mol. The van der Waals surface area contributed by atoms with Crippen molar-refractivity contribution in [2.75, 3.05) is 13.1 Å². The minimum atomic E-state index is -4.36. The minimum absolute atomic E-state index is 0.136. The van der Waals surface area contributed by atoms with E-state index in [1.54, 1.807) is 0 Å². The highest BCUT2D eigenvalue weighted by atomic mass is 19.4. The average molecular weight is 435 g/mol. The molecule has 1 unspecified atom stereocenters. The summed E-state index contributed by atoms with van der Waals surface area (Å²) in [7, 11) is 0. The summed E-state index contributed by atoms with van der Waals surface area (Å²) in [5, 5.41) is 12.5. The molecule has 1 amide bonds. The Morgan fingerprint density at radius 2 is 1.65 bits per heavy atom. The summed E-state index contributed by atoms with van der Waals surface area (Å²) in [6, 6.07) is 13.1. The van der Waals surface area contributed by atoms with Crippen molar-refractivity contribution in [3.8, 4) is 0 Å². The van der Waals surface area contributed by atoms with Crippen LogP contribution in [0.3, 0.4) is 0 Å². The molecule has 1 saturated heterocycles. The van der Waals surface area contributed by atoms with Crippen molar-refractivity contribution >= 4 is 5.91 Å². The van der Waals surface area contributed by atoms with E-state index in [9.17, 15) is 23.1 Å². The van der Waals surface area contributed by atoms with E-state index in [0.717, 1.165) is 50.2 Å². The Morgan fingerprint density at radius 3 is 2.23 bits per heavy atom. The molecule has 0 saturated carbocycles. The van der Waals surface area contributed by atoms with Crippen molar-refractivity contribution in [1.82, 2.24) is 10.2 Å². The number of hydrogen-bond donors (Lipinski definition) is 2. The lowest BCUT2D eigenvalue weighted by atomic mass is 9.96. The Kier molecular flexibility index (Phi) is 7.73. The molecule has 0 aromatic heterocycles. The van der Waals surface area contributed by atoms with Crippen LogP contribution in [0.2, 0.25) is 0 Å². The van der Waals surface area contributed by atoms with Gasteiger partial charge in [0.1, 0.15) is 0 Å². The molecule has 1 atom stereocenters. The first-order valence-corrected chi connectivity index (χ1v) is 10.6. The van der Waals surface area contributed by atoms with Crippen LogP contribution in [0.1, 0.15) is 54.4 Å². The van der Waals surface area contributed by atoms with E-state index in [1.165, 1.54) is 17.7 Å². The van der Waals surface area contributed by atoms with Gasteiger partial charge in [-0.15, -0.1) is 0 Å². The zero-order chi connectivity index (χ0) is 22.4. The highest BCUT2D eigenvalue weighted by Gasteiger charge is 2.30. The number of aliphatic hydroxyl groups excluding tert-OH is 1. The van der Waals surface area contributed by atoms with E-state index < -0.39 is 11.7 Å². The number of rotatable bonds is 7. The summed E-state index contributed by atoms with van der Waals surface area (Å²) in [6.07, 6.45) is -2.69. The smallest absolute Gasteiger partial charge is 0.393 e. The van der Waals surface area contributed by atoms with Crippen LogP contribution in [0, 0.1) is 0 Å². The van der Waals surface area contributed by atoms with Crippen LogP contribution in [0.25, 0.3) is 0 Å². The number of alkyl halides is 3. The fourth-order valence-electron chi connectivity index (χ4n) is 3.77. The number of amides is 1. The molecule has 31 heavy (non-hydrogen) atoms. The van der Waals surface area contributed by atoms with Gasteiger partial charge in [0.25, 0.3) is 0 Å². The van der Waals surface area contributed by atoms with Crippen molar-refractivity contribution in [3.63, 3.8) is 0 Å². The number of halogens is 3. The number of carbonyl (C=O) groups excluding carboxylic acids is 1. The zero-order valence-corrected chi connectivity index (χ0v) is 17.7. The van der Waals surface area contributed by atoms with Gasteiger partial charge in [-0.2, -0.15) is 13.2 Å². The molecule has 1 fully saturated rings. The molecule has 1 aliphatic rings. The van der Waals surface area contributed by atoms with Gasteiger partial charge in [0, 0.05) is 32.6 Å². The fourth-order valence-corrected chi connectivity index (χ4v) is 3.77. The number of nitrogens with zero attached hydrogens (tertiary/aromatic N) is 1. The molecule has 3 rings (SSSR count). The lowest BCUT2D eigenvalue weighted by Crippen LogP contribution is -2.35. The molecule has 7 heteroatoms. The SMILES string of the molecule is CC(CC(=O)NCc1ccc(CN2CCC(O)CC2)cc1)c1ccc(C(F)(F)F)cc1. The molecule has 0 aliphatic carbocycles. The second kappa shape index (κ2) is 10.3. The van der Waals surface area contributed by atoms with E-state index in [2.05, 4.69) is 22.3 Å². The third-order valence-corrected chi connectivity index (χ3v) is 5.77. The van der Waals surface area contributed by atoms with Crippen LogP contribution in [-0.2, 0) is 24.1 Å². The predicted octanol–water partition coefficient (Wildman–Crippen LogP) is 4.47. The molecular weight excluding hydrogens is 405 g/mol. The van der Waals surface area contributed by atoms with Gasteiger partial charge < -0.3 is 10.4 Å². The zero-order valence-electron chi connectivity index (χ0n) is 17.7. The van der Waals surface area contributed by atoms with E-state index in [-0.39, 0.29) is 24.3 Å². The summed E-state index contributed by atoms with van der Waals surface area (Å²) in [5.74, 6) is -0.309. The van der Waals surface area contributed by atoms with Crippen molar-refractivity contribution in [2.45, 2.75) is 57.5 Å². The largest absolute Gasteiger partial charge is 0.416 e. The molecule has 4 nitrogen and oxygen atoms in total. The van der Waals surface area contributed by atoms with Crippen LogP contribution in [0.15, 0.2) is 48.5 Å². The maximum absolute atomic E-state index is 12.7. The van der Waals surface area contributed by atoms with E-state index >= 15 is 0 Å². The number of piperidine rings is 1. The van der Waals surface area contributed by atoms with Crippen LogP contribution in [0.4, 0.5) is 13.2 Å². The number of aliphatic hydroxyl groups is 1. The van der Waals surface area contributed by atoms with Crippen LogP contribution < -0.4 is 5.32 Å². The Bertz CT molecular complexity index is 843. The summed E-state index contributed by atoms with van der Waals surface area (Å²) in [4.78, 5) is 14.6. The maximum atomic E-state index is 12.7. The number of hydrogen-bond acceptors (Lipinski definition) is 3. The van der Waals surface area contributed by atoms with Gasteiger partial charge in [-0.1, -0.05) is 43.3 Å². The van der Waals surface area contributed by atoms with Crippen LogP contribution in [-0.4, -0.2) is 35.1 Å². The second-order valence-electron chi connectivity index (χ2n) is 8.33. The topological polar surface area (TPSA) is 52.6 Å². The number of carbonyl (C=O) groups is 1. The number of nitrogens with one attached hydrogen (secondary N) is 1. The predicted molar refractivity (Wildman–Crippen MR) is 113 cm³/mol. The number of benzene rings is 2. The highest BCUT2D eigenvalue weighted by Crippen LogP contribution is 2.30. The van der Waals surface area contributed by atoms with Gasteiger partial charge in [0.2, 0.25) is 5.91 Å². The molecule has 2 aromatic rings. The van der Waals surface area contributed by atoms with Gasteiger partial charge in [0.05, 0.1) is 11.7 Å². The van der Waals surface area contributed by atoms with E-state index in [0.29, 0.717) is 12.1 Å². The van der Waals surface area contributed by atoms with Crippen LogP contribution >= 0.6 is 0 Å². The highest BCUT2D eigenvalue weighted by molar-refractivity contribution is 5.76. The lowest BCUT2D eigenvalue weighted by Gasteiger charge is -2.29. The lowest BCUT2D eigenvalue weighted by molar-refractivity contribution is -0.137. The molecule has 0 radical (unpaired) electrons. The van der Waals surface area contributed by atoms with Gasteiger partial charge in [-0.25, -0.2) is 0 Å². The molecule has 0 bridgehead atoms. The average Bonchev–Trinajstić information content (AvgIpc) is 2.74. The Morgan fingerprint density at radius 1 is 1.06 bits per heavy atom. The van der Waals surface area contributed by atoms with Crippen molar-refractivity contribution in [1.29, 1.82) is 0 Å². The fraction of sp³-hybridized carbons (Fsp3) is 0.458. The molecule has 0 spiro atoms. The quantitative estimate of drug-likeness (QED) is 0.676. The van der Waals surface area contributed by atoms with Crippen molar-refractivity contribution < 1.29 is 23.1 Å². The normalized spacial score (nSPS) is 16.8. The summed E-state index contributed by atoms with van der Waals surface area (Å²) in [6.45, 7) is 4.89. The standard InChI is InChI=1S/C24H29F3N2O2/c1-17(20-6-8-21(9-7-20)24(25,26)27)14-23(31)28-15-18-2-4-19(5-3-18)16-29-12-10-22(30)11-13-29/h2-9,17,22,30H,10-16H2,1H3,(H,28,31). The molecule has 1 aliphatic heterocycles. The maximum Gasteiger partial charge on any atom is 0.416 e. The molecular formula is C24H29F3N2O2. The first-order valence-electron chi connectivity index (χ1n) is 10.6. The van der Waals surface area contributed by atoms with Gasteiger partial charge >= 0.3 is 6.18 Å². The first kappa shape index (κ1) is 23.3. The Labute approximate surface area is 181 Å². The molecule has 1 heterocycles. The van der Waals surface area contributed by atoms with E-state index in [1.807, 2.05) is 19.1 Å². The molecule has 168 valence electrons. The van der Waals surface area contributed by atoms with Gasteiger partial charge in [-0.05, 0) is 47.6 Å². The van der Waals surface area contributed by atoms with Crippen molar-refractivity contribution in [3.05, 3.63) is 70.8 Å². The van der Waals surface area contributed by atoms with Crippen molar-refractivity contribution in [2.24, 2.45) is 0 Å². The third kappa shape index (κ3) is 7.08. The number of likely N-dealkylation sites (tertiary alicyclic amines) is 1. The molecule has 2 aromatic carbocycles. The van der Waals surface area contributed by atoms with Gasteiger partial charge in [-0.3, -0.25) is 9.69 Å². The third-order valence-electron chi connectivity index (χ3n) is 5.77. The van der Waals surface area contributed by atoms with Crippen LogP contribution in [0.5, 0.6) is 0 Å².